The molecular weight excluding hydrogens is 238 g/mol. The molecule has 4 N–H and O–H groups in total. The second-order valence-electron chi connectivity index (χ2n) is 2.90. The van der Waals surface area contributed by atoms with Gasteiger partial charge in [0.2, 0.25) is 6.33 Å². The number of rotatable bonds is 5. The predicted molar refractivity (Wildman–Crippen MR) is 53.7 cm³/mol. The molecule has 0 saturated heterocycles. The van der Waals surface area contributed by atoms with Gasteiger partial charge in [-0.05, 0) is 6.42 Å². The summed E-state index contributed by atoms with van der Waals surface area (Å²) in [6, 6.07) is 0. The Bertz CT molecular complexity index is 559. The minimum atomic E-state index is -3.73. The molecule has 0 unspecified atom stereocenters. The first-order chi connectivity index (χ1) is 7.40. The third-order valence-corrected chi connectivity index (χ3v) is 2.24. The second kappa shape index (κ2) is 5.01. The highest BCUT2D eigenvalue weighted by molar-refractivity contribution is 7.87. The van der Waals surface area contributed by atoms with Crippen LogP contribution in [0.1, 0.15) is 6.42 Å². The Balaban J connectivity index is 2.53. The molecule has 1 radical (unpaired) electrons. The summed E-state index contributed by atoms with van der Waals surface area (Å²) in [5.41, 5.74) is -1.64. The minimum absolute atomic E-state index is 0.0614. The fourth-order valence-electron chi connectivity index (χ4n) is 0.955. The predicted octanol–water partition coefficient (Wildman–Crippen LogP) is -3.09. The second-order valence-corrected chi connectivity index (χ2v) is 4.28. The molecule has 0 fully saturated rings. The number of aromatic nitrogens is 3. The van der Waals surface area contributed by atoms with E-state index in [4.69, 9.17) is 0 Å². The Labute approximate surface area is 90.5 Å². The van der Waals surface area contributed by atoms with Crippen LogP contribution in [0.5, 0.6) is 0 Å². The maximum Gasteiger partial charge on any atom is 0.330 e. The molecule has 0 aliphatic rings. The normalized spacial score (nSPS) is 11.6. The molecule has 1 aromatic heterocycles. The topological polar surface area (TPSA) is 140 Å². The first kappa shape index (κ1) is 12.5. The van der Waals surface area contributed by atoms with Crippen molar-refractivity contribution in [2.75, 3.05) is 6.54 Å². The van der Waals surface area contributed by atoms with E-state index in [2.05, 4.69) is 16.6 Å². The maximum atomic E-state index is 11.1. The van der Waals surface area contributed by atoms with E-state index in [0.717, 1.165) is 4.57 Å². The van der Waals surface area contributed by atoms with Crippen LogP contribution >= 0.6 is 0 Å². The molecule has 1 heterocycles. The molecule has 0 aromatic carbocycles. The highest BCUT2D eigenvalue weighted by Crippen LogP contribution is 1.82. The van der Waals surface area contributed by atoms with Crippen LogP contribution in [-0.2, 0) is 16.8 Å². The summed E-state index contributed by atoms with van der Waals surface area (Å²) < 4.78 is 24.0. The van der Waals surface area contributed by atoms with Gasteiger partial charge in [0.1, 0.15) is 0 Å². The van der Waals surface area contributed by atoms with Crippen molar-refractivity contribution in [1.29, 1.82) is 0 Å². The fraction of sp³-hybridized carbons (Fsp3) is 0.500. The Morgan fingerprint density at radius 1 is 1.50 bits per heavy atom. The molecule has 0 aliphatic heterocycles. The zero-order valence-corrected chi connectivity index (χ0v) is 8.95. The van der Waals surface area contributed by atoms with Crippen molar-refractivity contribution >= 4 is 10.2 Å². The quantitative estimate of drug-likeness (QED) is 0.374. The Hall–Kier alpha value is -1.52. The number of nitrogens with zero attached hydrogens (tertiary/aromatic N) is 2. The van der Waals surface area contributed by atoms with E-state index in [1.807, 2.05) is 9.82 Å². The van der Waals surface area contributed by atoms with Crippen molar-refractivity contribution in [3.05, 3.63) is 27.0 Å². The average Bonchev–Trinajstić information content (AvgIpc) is 2.17. The summed E-state index contributed by atoms with van der Waals surface area (Å²) in [6.07, 6.45) is 2.55. The highest BCUT2D eigenvalue weighted by Gasteiger charge is 2.02. The van der Waals surface area contributed by atoms with Crippen molar-refractivity contribution in [3.8, 4) is 0 Å². The van der Waals surface area contributed by atoms with E-state index >= 15 is 0 Å². The standard InChI is InChI=1S/C6H10N5O4S/c7-16(14,15)9-2-1-3-11-4-8-10-5(12)6(11)13/h9H,1-3H2,(H,10,12)(H2,7,14,15). The molecule has 0 atom stereocenters. The zero-order valence-electron chi connectivity index (χ0n) is 8.13. The Kier molecular flexibility index (Phi) is 3.93. The van der Waals surface area contributed by atoms with Gasteiger partial charge in [-0.1, -0.05) is 0 Å². The summed E-state index contributed by atoms with van der Waals surface area (Å²) >= 11 is 0. The molecule has 1 rings (SSSR count). The Morgan fingerprint density at radius 2 is 2.19 bits per heavy atom. The van der Waals surface area contributed by atoms with Crippen molar-refractivity contribution in [2.45, 2.75) is 13.0 Å². The van der Waals surface area contributed by atoms with Crippen LogP contribution < -0.4 is 21.0 Å². The summed E-state index contributed by atoms with van der Waals surface area (Å²) in [5, 5.41) is 9.92. The van der Waals surface area contributed by atoms with E-state index < -0.39 is 21.3 Å². The van der Waals surface area contributed by atoms with Gasteiger partial charge in [-0.3, -0.25) is 14.2 Å². The number of aromatic amines is 1. The Morgan fingerprint density at radius 3 is 2.81 bits per heavy atom. The number of H-pyrrole nitrogens is 1. The molecule has 0 saturated carbocycles. The van der Waals surface area contributed by atoms with Gasteiger partial charge in [-0.2, -0.15) is 13.5 Å². The monoisotopic (exact) mass is 248 g/mol. The third kappa shape index (κ3) is 3.92. The number of nitrogens with one attached hydrogen (secondary N) is 2. The maximum absolute atomic E-state index is 11.1. The lowest BCUT2D eigenvalue weighted by Crippen LogP contribution is -2.38. The molecule has 0 aliphatic carbocycles. The molecule has 16 heavy (non-hydrogen) atoms. The first-order valence-electron chi connectivity index (χ1n) is 4.25. The van der Waals surface area contributed by atoms with Crippen molar-refractivity contribution in [2.24, 2.45) is 5.14 Å². The van der Waals surface area contributed by atoms with Crippen molar-refractivity contribution in [3.63, 3.8) is 0 Å². The van der Waals surface area contributed by atoms with Crippen LogP contribution in [0.4, 0.5) is 0 Å². The van der Waals surface area contributed by atoms with Gasteiger partial charge in [0.05, 0.1) is 0 Å². The number of nitrogens with two attached hydrogens (primary N) is 1. The molecule has 89 valence electrons. The van der Waals surface area contributed by atoms with Crippen LogP contribution in [0.2, 0.25) is 0 Å². The lowest BCUT2D eigenvalue weighted by Gasteiger charge is -2.03. The van der Waals surface area contributed by atoms with Gasteiger partial charge in [-0.25, -0.2) is 15.0 Å². The smallest absolute Gasteiger partial charge is 0.284 e. The van der Waals surface area contributed by atoms with E-state index in [1.165, 1.54) is 0 Å². The van der Waals surface area contributed by atoms with E-state index in [9.17, 15) is 18.0 Å². The van der Waals surface area contributed by atoms with E-state index in [0.29, 0.717) is 0 Å². The van der Waals surface area contributed by atoms with Crippen LogP contribution in [0.25, 0.3) is 0 Å². The van der Waals surface area contributed by atoms with E-state index in [-0.39, 0.29) is 19.5 Å². The largest absolute Gasteiger partial charge is 0.330 e. The highest BCUT2D eigenvalue weighted by atomic mass is 32.2. The van der Waals surface area contributed by atoms with Crippen LogP contribution in [0.15, 0.2) is 9.59 Å². The van der Waals surface area contributed by atoms with Crippen LogP contribution in [0, 0.1) is 6.33 Å². The SMILES string of the molecule is NS(=O)(=O)NCCCn1[c]n[nH]c(=O)c1=O. The lowest BCUT2D eigenvalue weighted by molar-refractivity contribution is 0.559. The number of hydrogen-bond donors (Lipinski definition) is 3. The summed E-state index contributed by atoms with van der Waals surface area (Å²) in [5.74, 6) is 0. The van der Waals surface area contributed by atoms with Gasteiger partial charge in [-0.15, -0.1) is 0 Å². The molecular formula is C6H10N5O4S. The number of hydrogen-bond acceptors (Lipinski definition) is 5. The van der Waals surface area contributed by atoms with Gasteiger partial charge in [0.25, 0.3) is 10.2 Å². The fourth-order valence-corrected chi connectivity index (χ4v) is 1.38. The number of aryl methyl sites for hydroxylation is 1. The molecule has 0 amide bonds. The lowest BCUT2D eigenvalue weighted by atomic mass is 10.4. The zero-order chi connectivity index (χ0) is 12.2. The minimum Gasteiger partial charge on any atom is -0.284 e. The van der Waals surface area contributed by atoms with Crippen molar-refractivity contribution < 1.29 is 8.42 Å². The average molecular weight is 248 g/mol. The molecule has 0 bridgehead atoms. The first-order valence-corrected chi connectivity index (χ1v) is 5.79. The summed E-state index contributed by atoms with van der Waals surface area (Å²) in [7, 11) is -3.73. The van der Waals surface area contributed by atoms with Crippen LogP contribution in [0.3, 0.4) is 0 Å². The molecule has 0 spiro atoms. The summed E-state index contributed by atoms with van der Waals surface area (Å²) in [6.45, 7) is 0.185. The van der Waals surface area contributed by atoms with E-state index in [1.54, 1.807) is 0 Å². The van der Waals surface area contributed by atoms with Gasteiger partial charge >= 0.3 is 11.1 Å². The van der Waals surface area contributed by atoms with Crippen molar-refractivity contribution in [1.82, 2.24) is 19.5 Å². The van der Waals surface area contributed by atoms with Crippen LogP contribution in [-0.4, -0.2) is 29.7 Å². The van der Waals surface area contributed by atoms with Gasteiger partial charge in [0.15, 0.2) is 0 Å². The third-order valence-electron chi connectivity index (χ3n) is 1.63. The van der Waals surface area contributed by atoms with Gasteiger partial charge in [0, 0.05) is 13.1 Å². The molecule has 10 heteroatoms. The van der Waals surface area contributed by atoms with Gasteiger partial charge < -0.3 is 0 Å². The summed E-state index contributed by atoms with van der Waals surface area (Å²) in [4.78, 5) is 22.0. The molecule has 9 nitrogen and oxygen atoms in total. The molecule has 1 aromatic rings.